The predicted octanol–water partition coefficient (Wildman–Crippen LogP) is 4.65. The molecule has 28 heavy (non-hydrogen) atoms. The van der Waals surface area contributed by atoms with E-state index in [1.807, 2.05) is 31.2 Å². The first-order valence-electron chi connectivity index (χ1n) is 10.2. The zero-order valence-corrected chi connectivity index (χ0v) is 16.8. The SMILES string of the molecule is CCCCOc1ccc(C=C(C#N)c2nnc3n2CCCCC3)cc1OCC. The quantitative estimate of drug-likeness (QED) is 0.492. The highest BCUT2D eigenvalue weighted by atomic mass is 16.5. The van der Waals surface area contributed by atoms with Crippen LogP contribution < -0.4 is 9.47 Å². The molecule has 1 aromatic heterocycles. The molecule has 6 heteroatoms. The highest BCUT2D eigenvalue weighted by Gasteiger charge is 2.18. The van der Waals surface area contributed by atoms with E-state index in [0.717, 1.165) is 55.8 Å². The van der Waals surface area contributed by atoms with E-state index in [1.54, 1.807) is 0 Å². The number of nitriles is 1. The van der Waals surface area contributed by atoms with Crippen molar-refractivity contribution in [1.29, 1.82) is 5.26 Å². The second-order valence-electron chi connectivity index (χ2n) is 6.91. The van der Waals surface area contributed by atoms with Gasteiger partial charge >= 0.3 is 0 Å². The summed E-state index contributed by atoms with van der Waals surface area (Å²) in [5.41, 5.74) is 1.40. The average Bonchev–Trinajstić information content (AvgIpc) is 2.95. The molecule has 0 atom stereocenters. The topological polar surface area (TPSA) is 73.0 Å². The van der Waals surface area contributed by atoms with Crippen LogP contribution in [0.25, 0.3) is 11.6 Å². The number of ether oxygens (including phenoxy) is 2. The van der Waals surface area contributed by atoms with Crippen molar-refractivity contribution >= 4 is 11.6 Å². The lowest BCUT2D eigenvalue weighted by Crippen LogP contribution is -2.05. The Balaban J connectivity index is 1.89. The third-order valence-corrected chi connectivity index (χ3v) is 4.80. The molecule has 0 radical (unpaired) electrons. The standard InChI is InChI=1S/C22H28N4O2/c1-3-5-13-28-19-11-10-17(15-20(19)27-4-2)14-18(16-23)22-25-24-21-9-7-6-8-12-26(21)22/h10-11,14-15H,3-9,12-13H2,1-2H3. The third kappa shape index (κ3) is 4.72. The molecular weight excluding hydrogens is 352 g/mol. The summed E-state index contributed by atoms with van der Waals surface area (Å²) in [6, 6.07) is 8.07. The number of hydrogen-bond acceptors (Lipinski definition) is 5. The van der Waals surface area contributed by atoms with Crippen molar-refractivity contribution in [2.45, 2.75) is 58.9 Å². The molecule has 2 heterocycles. The van der Waals surface area contributed by atoms with Crippen molar-refractivity contribution in [2.75, 3.05) is 13.2 Å². The summed E-state index contributed by atoms with van der Waals surface area (Å²) in [6.45, 7) is 6.17. The van der Waals surface area contributed by atoms with Gasteiger partial charge in [0, 0.05) is 13.0 Å². The minimum Gasteiger partial charge on any atom is -0.490 e. The van der Waals surface area contributed by atoms with Gasteiger partial charge in [-0.05, 0) is 50.0 Å². The highest BCUT2D eigenvalue weighted by Crippen LogP contribution is 2.30. The molecule has 3 rings (SSSR count). The summed E-state index contributed by atoms with van der Waals surface area (Å²) in [5, 5.41) is 18.4. The van der Waals surface area contributed by atoms with Gasteiger partial charge in [-0.1, -0.05) is 25.8 Å². The van der Waals surface area contributed by atoms with Gasteiger partial charge in [-0.15, -0.1) is 10.2 Å². The predicted molar refractivity (Wildman–Crippen MR) is 109 cm³/mol. The molecule has 0 bridgehead atoms. The van der Waals surface area contributed by atoms with Crippen molar-refractivity contribution in [3.8, 4) is 17.6 Å². The molecule has 1 aliphatic heterocycles. The number of benzene rings is 1. The molecule has 0 saturated carbocycles. The van der Waals surface area contributed by atoms with Crippen LogP contribution in [0.15, 0.2) is 18.2 Å². The Morgan fingerprint density at radius 3 is 2.86 bits per heavy atom. The van der Waals surface area contributed by atoms with Gasteiger partial charge in [0.25, 0.3) is 0 Å². The minimum absolute atomic E-state index is 0.516. The van der Waals surface area contributed by atoms with Crippen LogP contribution in [0.1, 0.15) is 63.2 Å². The number of unbranched alkanes of at least 4 members (excludes halogenated alkanes) is 1. The van der Waals surface area contributed by atoms with Crippen LogP contribution in [0.2, 0.25) is 0 Å². The maximum atomic E-state index is 9.75. The molecule has 1 aliphatic rings. The number of aryl methyl sites for hydroxylation is 1. The van der Waals surface area contributed by atoms with Gasteiger partial charge in [0.15, 0.2) is 17.3 Å². The van der Waals surface area contributed by atoms with E-state index in [1.165, 1.54) is 6.42 Å². The number of rotatable bonds is 8. The zero-order chi connectivity index (χ0) is 19.8. The Bertz CT molecular complexity index is 864. The third-order valence-electron chi connectivity index (χ3n) is 4.80. The second kappa shape index (κ2) is 9.93. The first-order valence-corrected chi connectivity index (χ1v) is 10.2. The van der Waals surface area contributed by atoms with E-state index in [0.29, 0.717) is 30.4 Å². The molecule has 1 aromatic carbocycles. The number of nitrogens with zero attached hydrogens (tertiary/aromatic N) is 4. The van der Waals surface area contributed by atoms with Gasteiger partial charge < -0.3 is 14.0 Å². The molecule has 0 amide bonds. The molecule has 0 fully saturated rings. The van der Waals surface area contributed by atoms with Crippen molar-refractivity contribution < 1.29 is 9.47 Å². The van der Waals surface area contributed by atoms with Crippen molar-refractivity contribution in [3.05, 3.63) is 35.4 Å². The fraction of sp³-hybridized carbons (Fsp3) is 0.500. The monoisotopic (exact) mass is 380 g/mol. The molecular formula is C22H28N4O2. The fourth-order valence-electron chi connectivity index (χ4n) is 3.33. The van der Waals surface area contributed by atoms with Gasteiger partial charge in [0.1, 0.15) is 11.9 Å². The van der Waals surface area contributed by atoms with E-state index >= 15 is 0 Å². The highest BCUT2D eigenvalue weighted by molar-refractivity contribution is 5.87. The van der Waals surface area contributed by atoms with Gasteiger partial charge in [-0.3, -0.25) is 0 Å². The van der Waals surface area contributed by atoms with Crippen molar-refractivity contribution in [3.63, 3.8) is 0 Å². The van der Waals surface area contributed by atoms with E-state index < -0.39 is 0 Å². The van der Waals surface area contributed by atoms with Crippen LogP contribution in [0.3, 0.4) is 0 Å². The fourth-order valence-corrected chi connectivity index (χ4v) is 3.33. The molecule has 2 aromatic rings. The van der Waals surface area contributed by atoms with Crippen LogP contribution in [-0.4, -0.2) is 28.0 Å². The summed E-state index contributed by atoms with van der Waals surface area (Å²) in [7, 11) is 0. The van der Waals surface area contributed by atoms with Crippen molar-refractivity contribution in [1.82, 2.24) is 14.8 Å². The Morgan fingerprint density at radius 1 is 1.18 bits per heavy atom. The molecule has 0 saturated heterocycles. The molecule has 0 aliphatic carbocycles. The van der Waals surface area contributed by atoms with E-state index in [2.05, 4.69) is 27.8 Å². The number of allylic oxidation sites excluding steroid dienone is 1. The average molecular weight is 380 g/mol. The van der Waals surface area contributed by atoms with Gasteiger partial charge in [-0.2, -0.15) is 5.26 Å². The molecule has 0 N–H and O–H groups in total. The number of hydrogen-bond donors (Lipinski definition) is 0. The first-order chi connectivity index (χ1) is 13.8. The van der Waals surface area contributed by atoms with Gasteiger partial charge in [0.05, 0.1) is 18.8 Å². The molecule has 148 valence electrons. The lowest BCUT2D eigenvalue weighted by atomic mass is 10.1. The number of aromatic nitrogens is 3. The van der Waals surface area contributed by atoms with Crippen LogP contribution in [0, 0.1) is 11.3 Å². The first kappa shape index (κ1) is 19.9. The largest absolute Gasteiger partial charge is 0.490 e. The summed E-state index contributed by atoms with van der Waals surface area (Å²) in [5.74, 6) is 3.07. The van der Waals surface area contributed by atoms with Crippen LogP contribution in [-0.2, 0) is 13.0 Å². The minimum atomic E-state index is 0.516. The van der Waals surface area contributed by atoms with E-state index in [4.69, 9.17) is 9.47 Å². The van der Waals surface area contributed by atoms with Gasteiger partial charge in [-0.25, -0.2) is 0 Å². The van der Waals surface area contributed by atoms with E-state index in [-0.39, 0.29) is 0 Å². The van der Waals surface area contributed by atoms with Gasteiger partial charge in [0.2, 0.25) is 0 Å². The number of fused-ring (bicyclic) bond motifs is 1. The van der Waals surface area contributed by atoms with Crippen LogP contribution >= 0.6 is 0 Å². The summed E-state index contributed by atoms with van der Waals surface area (Å²) >= 11 is 0. The second-order valence-corrected chi connectivity index (χ2v) is 6.91. The Kier molecular flexibility index (Phi) is 7.07. The summed E-state index contributed by atoms with van der Waals surface area (Å²) in [4.78, 5) is 0. The van der Waals surface area contributed by atoms with Crippen LogP contribution in [0.5, 0.6) is 11.5 Å². The maximum absolute atomic E-state index is 9.75. The lowest BCUT2D eigenvalue weighted by Gasteiger charge is -2.12. The Hall–Kier alpha value is -2.81. The normalized spacial score (nSPS) is 14.1. The Morgan fingerprint density at radius 2 is 2.07 bits per heavy atom. The molecule has 0 spiro atoms. The molecule has 0 unspecified atom stereocenters. The van der Waals surface area contributed by atoms with E-state index in [9.17, 15) is 5.26 Å². The Labute approximate surface area is 166 Å². The van der Waals surface area contributed by atoms with Crippen LogP contribution in [0.4, 0.5) is 0 Å². The lowest BCUT2D eigenvalue weighted by molar-refractivity contribution is 0.272. The molecule has 6 nitrogen and oxygen atoms in total. The summed E-state index contributed by atoms with van der Waals surface area (Å²) < 4.78 is 13.7. The zero-order valence-electron chi connectivity index (χ0n) is 16.8. The summed E-state index contributed by atoms with van der Waals surface area (Å²) in [6.07, 6.45) is 8.26. The van der Waals surface area contributed by atoms with Crippen molar-refractivity contribution in [2.24, 2.45) is 0 Å². The smallest absolute Gasteiger partial charge is 0.174 e. The maximum Gasteiger partial charge on any atom is 0.174 e.